The zero-order chi connectivity index (χ0) is 15.4. The minimum Gasteiger partial charge on any atom is -0.453 e. The molecule has 1 unspecified atom stereocenters. The Morgan fingerprint density at radius 1 is 1.33 bits per heavy atom. The predicted octanol–water partition coefficient (Wildman–Crippen LogP) is 2.23. The van der Waals surface area contributed by atoms with Crippen molar-refractivity contribution in [2.45, 2.75) is 51.7 Å². The molecule has 1 aliphatic rings. The molecule has 0 spiro atoms. The Balaban J connectivity index is 1.71. The second-order valence-corrected chi connectivity index (χ2v) is 6.54. The van der Waals surface area contributed by atoms with Gasteiger partial charge in [0, 0.05) is 17.3 Å². The Morgan fingerprint density at radius 2 is 2.05 bits per heavy atom. The summed E-state index contributed by atoms with van der Waals surface area (Å²) in [6.07, 6.45) is 1.27. The van der Waals surface area contributed by atoms with E-state index in [1.54, 1.807) is 13.0 Å². The average molecular weight is 309 g/mol. The van der Waals surface area contributed by atoms with E-state index in [9.17, 15) is 14.4 Å². The van der Waals surface area contributed by atoms with Gasteiger partial charge in [-0.2, -0.15) is 0 Å². The SMILES string of the molecule is Cc1ccc(C(=O)CCC(=O)OC(C)C(=O)NC2CC2)s1. The van der Waals surface area contributed by atoms with Crippen molar-refractivity contribution in [2.75, 3.05) is 0 Å². The molecular formula is C15H19NO4S. The fourth-order valence-corrected chi connectivity index (χ4v) is 2.61. The van der Waals surface area contributed by atoms with Gasteiger partial charge in [0.1, 0.15) is 0 Å². The minimum absolute atomic E-state index is 0.00315. The Morgan fingerprint density at radius 3 is 2.62 bits per heavy atom. The molecule has 1 fully saturated rings. The highest BCUT2D eigenvalue weighted by molar-refractivity contribution is 7.14. The van der Waals surface area contributed by atoms with Crippen LogP contribution in [-0.4, -0.2) is 29.8 Å². The molecule has 5 nitrogen and oxygen atoms in total. The smallest absolute Gasteiger partial charge is 0.307 e. The molecule has 1 amide bonds. The van der Waals surface area contributed by atoms with Gasteiger partial charge in [0.15, 0.2) is 11.9 Å². The molecule has 114 valence electrons. The summed E-state index contributed by atoms with van der Waals surface area (Å²) in [5, 5.41) is 2.77. The summed E-state index contributed by atoms with van der Waals surface area (Å²) in [6.45, 7) is 3.47. The molecule has 1 N–H and O–H groups in total. The van der Waals surface area contributed by atoms with Gasteiger partial charge in [-0.15, -0.1) is 11.3 Å². The van der Waals surface area contributed by atoms with Gasteiger partial charge in [-0.25, -0.2) is 0 Å². The first kappa shape index (κ1) is 15.7. The van der Waals surface area contributed by atoms with Crippen molar-refractivity contribution in [3.63, 3.8) is 0 Å². The average Bonchev–Trinajstić information content (AvgIpc) is 3.14. The first-order valence-electron chi connectivity index (χ1n) is 7.05. The number of ether oxygens (including phenoxy) is 1. The number of esters is 1. The summed E-state index contributed by atoms with van der Waals surface area (Å²) >= 11 is 1.41. The van der Waals surface area contributed by atoms with Gasteiger partial charge in [-0.3, -0.25) is 14.4 Å². The summed E-state index contributed by atoms with van der Waals surface area (Å²) in [5.41, 5.74) is 0. The number of hydrogen-bond donors (Lipinski definition) is 1. The van der Waals surface area contributed by atoms with E-state index in [0.717, 1.165) is 17.7 Å². The van der Waals surface area contributed by atoms with Crippen LogP contribution in [0.1, 0.15) is 47.2 Å². The molecule has 1 heterocycles. The summed E-state index contributed by atoms with van der Waals surface area (Å²) in [4.78, 5) is 36.9. The molecule has 0 bridgehead atoms. The minimum atomic E-state index is -0.808. The lowest BCUT2D eigenvalue weighted by Crippen LogP contribution is -2.37. The third-order valence-corrected chi connectivity index (χ3v) is 4.21. The van der Waals surface area contributed by atoms with Crippen LogP contribution in [0.5, 0.6) is 0 Å². The Bertz CT molecular complexity index is 548. The van der Waals surface area contributed by atoms with Crippen molar-refractivity contribution >= 4 is 29.0 Å². The molecule has 0 radical (unpaired) electrons. The first-order valence-corrected chi connectivity index (χ1v) is 7.87. The number of rotatable bonds is 7. The van der Waals surface area contributed by atoms with Gasteiger partial charge in [0.25, 0.3) is 5.91 Å². The molecule has 1 aliphatic carbocycles. The molecule has 1 saturated carbocycles. The van der Waals surface area contributed by atoms with Crippen molar-refractivity contribution in [3.05, 3.63) is 21.9 Å². The third-order valence-electron chi connectivity index (χ3n) is 3.17. The van der Waals surface area contributed by atoms with Crippen LogP contribution in [0.3, 0.4) is 0 Å². The highest BCUT2D eigenvalue weighted by Gasteiger charge is 2.27. The third kappa shape index (κ3) is 4.97. The molecule has 0 aliphatic heterocycles. The van der Waals surface area contributed by atoms with Crippen molar-refractivity contribution in [3.8, 4) is 0 Å². The van der Waals surface area contributed by atoms with E-state index in [-0.39, 0.29) is 30.6 Å². The van der Waals surface area contributed by atoms with E-state index < -0.39 is 12.1 Å². The fraction of sp³-hybridized carbons (Fsp3) is 0.533. The fourth-order valence-electron chi connectivity index (χ4n) is 1.78. The van der Waals surface area contributed by atoms with E-state index >= 15 is 0 Å². The molecule has 21 heavy (non-hydrogen) atoms. The van der Waals surface area contributed by atoms with Crippen LogP contribution in [0, 0.1) is 6.92 Å². The number of carbonyl (C=O) groups excluding carboxylic acids is 3. The van der Waals surface area contributed by atoms with E-state index in [2.05, 4.69) is 5.32 Å². The Kier molecular flexibility index (Phi) is 5.12. The summed E-state index contributed by atoms with van der Waals surface area (Å²) in [7, 11) is 0. The topological polar surface area (TPSA) is 72.5 Å². The van der Waals surface area contributed by atoms with Crippen molar-refractivity contribution in [1.82, 2.24) is 5.32 Å². The highest BCUT2D eigenvalue weighted by atomic mass is 32.1. The molecule has 2 rings (SSSR count). The Hall–Kier alpha value is -1.69. The summed E-state index contributed by atoms with van der Waals surface area (Å²) in [5.74, 6) is -0.860. The van der Waals surface area contributed by atoms with E-state index in [1.807, 2.05) is 13.0 Å². The van der Waals surface area contributed by atoms with Crippen LogP contribution in [0.25, 0.3) is 0 Å². The maximum absolute atomic E-state index is 11.9. The van der Waals surface area contributed by atoms with Gasteiger partial charge in [-0.05, 0) is 38.8 Å². The van der Waals surface area contributed by atoms with Crippen LogP contribution >= 0.6 is 11.3 Å². The molecular weight excluding hydrogens is 290 g/mol. The van der Waals surface area contributed by atoms with E-state index in [1.165, 1.54) is 11.3 Å². The highest BCUT2D eigenvalue weighted by Crippen LogP contribution is 2.19. The normalized spacial score (nSPS) is 15.3. The predicted molar refractivity (Wildman–Crippen MR) is 79.3 cm³/mol. The summed E-state index contributed by atoms with van der Waals surface area (Å²) < 4.78 is 5.03. The maximum atomic E-state index is 11.9. The second kappa shape index (κ2) is 6.85. The van der Waals surface area contributed by atoms with Crippen molar-refractivity contribution in [2.24, 2.45) is 0 Å². The van der Waals surface area contributed by atoms with E-state index in [0.29, 0.717) is 4.88 Å². The van der Waals surface area contributed by atoms with Gasteiger partial charge in [0.2, 0.25) is 0 Å². The molecule has 0 aromatic carbocycles. The van der Waals surface area contributed by atoms with Crippen LogP contribution in [0.4, 0.5) is 0 Å². The zero-order valence-electron chi connectivity index (χ0n) is 12.2. The van der Waals surface area contributed by atoms with Crippen molar-refractivity contribution < 1.29 is 19.1 Å². The number of amides is 1. The molecule has 1 aromatic heterocycles. The lowest BCUT2D eigenvalue weighted by atomic mass is 10.2. The largest absolute Gasteiger partial charge is 0.453 e. The standard InChI is InChI=1S/C15H19NO4S/c1-9-3-7-13(21-9)12(17)6-8-14(18)20-10(2)15(19)16-11-4-5-11/h3,7,10-11H,4-6,8H2,1-2H3,(H,16,19). The van der Waals surface area contributed by atoms with Gasteiger partial charge >= 0.3 is 5.97 Å². The molecule has 1 atom stereocenters. The van der Waals surface area contributed by atoms with Gasteiger partial charge in [-0.1, -0.05) is 0 Å². The summed E-state index contributed by atoms with van der Waals surface area (Å²) in [6, 6.07) is 3.88. The Labute approximate surface area is 127 Å². The number of ketones is 1. The maximum Gasteiger partial charge on any atom is 0.307 e. The van der Waals surface area contributed by atoms with Gasteiger partial charge in [0.05, 0.1) is 11.3 Å². The molecule has 1 aromatic rings. The van der Waals surface area contributed by atoms with Crippen LogP contribution in [0.2, 0.25) is 0 Å². The van der Waals surface area contributed by atoms with Crippen molar-refractivity contribution in [1.29, 1.82) is 0 Å². The second-order valence-electron chi connectivity index (χ2n) is 5.25. The first-order chi connectivity index (χ1) is 9.95. The lowest BCUT2D eigenvalue weighted by molar-refractivity contribution is -0.154. The van der Waals surface area contributed by atoms with Crippen LogP contribution in [-0.2, 0) is 14.3 Å². The number of thiophene rings is 1. The van der Waals surface area contributed by atoms with Crippen LogP contribution in [0.15, 0.2) is 12.1 Å². The lowest BCUT2D eigenvalue weighted by Gasteiger charge is -2.12. The number of Topliss-reactive ketones (excluding diaryl/α,β-unsaturated/α-hetero) is 1. The molecule has 0 saturated heterocycles. The number of nitrogens with one attached hydrogen (secondary N) is 1. The van der Waals surface area contributed by atoms with E-state index in [4.69, 9.17) is 4.74 Å². The zero-order valence-corrected chi connectivity index (χ0v) is 13.0. The van der Waals surface area contributed by atoms with Crippen LogP contribution < -0.4 is 5.32 Å². The quantitative estimate of drug-likeness (QED) is 0.619. The molecule has 6 heteroatoms. The number of carbonyl (C=O) groups is 3. The monoisotopic (exact) mass is 309 g/mol. The van der Waals surface area contributed by atoms with Gasteiger partial charge < -0.3 is 10.1 Å². The number of hydrogen-bond acceptors (Lipinski definition) is 5. The number of aryl methyl sites for hydroxylation is 1.